The molecule has 4 aliphatic heterocycles. The Morgan fingerprint density at radius 2 is 1.50 bits per heavy atom. The van der Waals surface area contributed by atoms with Crippen LogP contribution in [-0.2, 0) is 19.1 Å². The molecule has 4 aliphatic rings. The first kappa shape index (κ1) is 28.2. The van der Waals surface area contributed by atoms with Gasteiger partial charge in [-0.25, -0.2) is 0 Å². The van der Waals surface area contributed by atoms with Crippen LogP contribution in [-0.4, -0.2) is 77.8 Å². The molecule has 2 fully saturated rings. The van der Waals surface area contributed by atoms with E-state index in [1.807, 2.05) is 75.4 Å². The van der Waals surface area contributed by atoms with Gasteiger partial charge in [-0.2, -0.15) is 0 Å². The van der Waals surface area contributed by atoms with E-state index >= 15 is 0 Å². The summed E-state index contributed by atoms with van der Waals surface area (Å²) in [5.74, 6) is -2.24. The number of hydrogen-bond acceptors (Lipinski definition) is 6. The van der Waals surface area contributed by atoms with Gasteiger partial charge in [-0.05, 0) is 49.2 Å². The molecule has 9 heteroatoms. The van der Waals surface area contributed by atoms with Crippen LogP contribution >= 0.6 is 0 Å². The predicted octanol–water partition coefficient (Wildman–Crippen LogP) is 3.19. The minimum Gasteiger partial charge on any atom is -0.497 e. The molecule has 6 atom stereocenters. The van der Waals surface area contributed by atoms with Crippen LogP contribution in [0.25, 0.3) is 0 Å². The molecule has 0 aromatic heterocycles. The van der Waals surface area contributed by atoms with Crippen molar-refractivity contribution in [3.8, 4) is 5.75 Å². The van der Waals surface area contributed by atoms with Crippen LogP contribution in [0, 0.1) is 17.8 Å². The first-order chi connectivity index (χ1) is 20.2. The highest BCUT2D eigenvalue weighted by Gasteiger charge is 2.75. The molecule has 2 aromatic carbocycles. The fourth-order valence-electron chi connectivity index (χ4n) is 7.27. The summed E-state index contributed by atoms with van der Waals surface area (Å²) in [6.45, 7) is 5.93. The molecule has 9 nitrogen and oxygen atoms in total. The second kappa shape index (κ2) is 10.4. The normalized spacial score (nSPS) is 31.1. The molecule has 220 valence electrons. The lowest BCUT2D eigenvalue weighted by molar-refractivity contribution is -0.149. The highest BCUT2D eigenvalue weighted by atomic mass is 16.5. The zero-order chi connectivity index (χ0) is 29.8. The molecule has 0 saturated carbocycles. The van der Waals surface area contributed by atoms with Crippen LogP contribution in [0.5, 0.6) is 5.75 Å². The van der Waals surface area contributed by atoms with Gasteiger partial charge in [0.25, 0.3) is 5.91 Å². The van der Waals surface area contributed by atoms with Gasteiger partial charge in [-0.15, -0.1) is 0 Å². The molecule has 42 heavy (non-hydrogen) atoms. The average molecular weight is 572 g/mol. The molecule has 0 radical (unpaired) electrons. The number of para-hydroxylation sites is 1. The zero-order valence-electron chi connectivity index (χ0n) is 24.3. The molecule has 1 N–H and O–H groups in total. The Morgan fingerprint density at radius 3 is 2.12 bits per heavy atom. The summed E-state index contributed by atoms with van der Waals surface area (Å²) < 4.78 is 12.2. The first-order valence-electron chi connectivity index (χ1n) is 14.5. The second-order valence-electron chi connectivity index (χ2n) is 12.0. The second-order valence-corrected chi connectivity index (χ2v) is 12.0. The molecule has 4 heterocycles. The van der Waals surface area contributed by atoms with Gasteiger partial charge in [-0.1, -0.05) is 56.4 Å². The fourth-order valence-corrected chi connectivity index (χ4v) is 7.27. The molecule has 1 unspecified atom stereocenters. The zero-order valence-corrected chi connectivity index (χ0v) is 24.3. The Hall–Kier alpha value is -3.95. The molecular weight excluding hydrogens is 534 g/mol. The highest BCUT2D eigenvalue weighted by Crippen LogP contribution is 2.58. The van der Waals surface area contributed by atoms with Crippen molar-refractivity contribution in [2.75, 3.05) is 36.6 Å². The third kappa shape index (κ3) is 4.09. The van der Waals surface area contributed by atoms with Crippen molar-refractivity contribution in [1.29, 1.82) is 0 Å². The lowest BCUT2D eigenvalue weighted by Gasteiger charge is -2.41. The topological polar surface area (TPSA) is 99.6 Å². The standard InChI is InChI=1S/C33H37N3O6/c1-21(2)25(20-37)36-28-31(40)35(23-12-14-24(41-4)15-13-23)19-9-17-33(28)27(30(36)39)26-29(38)34(22-10-6-5-7-11-22)18-8-16-32(26,3)42-33/h5-17,21,25-28,37H,18-20H2,1-4H3/t25-,26+,27-,28?,32-,33-/m0/s1. The van der Waals surface area contributed by atoms with Gasteiger partial charge < -0.3 is 29.3 Å². The minimum atomic E-state index is -1.41. The van der Waals surface area contributed by atoms with Crippen molar-refractivity contribution in [2.24, 2.45) is 17.8 Å². The maximum atomic E-state index is 14.7. The van der Waals surface area contributed by atoms with Gasteiger partial charge in [0, 0.05) is 24.5 Å². The molecule has 0 aliphatic carbocycles. The van der Waals surface area contributed by atoms with Crippen LogP contribution in [0.1, 0.15) is 20.8 Å². The number of fused-ring (bicyclic) bond motifs is 2. The van der Waals surface area contributed by atoms with Gasteiger partial charge in [0.15, 0.2) is 0 Å². The number of carbonyl (C=O) groups is 3. The van der Waals surface area contributed by atoms with Gasteiger partial charge in [-0.3, -0.25) is 14.4 Å². The fraction of sp³-hybridized carbons (Fsp3) is 0.424. The molecule has 3 amide bonds. The smallest absolute Gasteiger partial charge is 0.253 e. The number of amides is 3. The maximum absolute atomic E-state index is 14.7. The maximum Gasteiger partial charge on any atom is 0.253 e. The Kier molecular flexibility index (Phi) is 6.98. The third-order valence-electron chi connectivity index (χ3n) is 9.26. The minimum absolute atomic E-state index is 0.152. The number of benzene rings is 2. The van der Waals surface area contributed by atoms with Crippen molar-refractivity contribution >= 4 is 29.1 Å². The lowest BCUT2D eigenvalue weighted by Crippen LogP contribution is -2.59. The summed E-state index contributed by atoms with van der Waals surface area (Å²) in [5.41, 5.74) is -1.16. The van der Waals surface area contributed by atoms with E-state index in [0.717, 1.165) is 5.69 Å². The largest absolute Gasteiger partial charge is 0.497 e. The van der Waals surface area contributed by atoms with Crippen molar-refractivity contribution in [1.82, 2.24) is 4.90 Å². The van der Waals surface area contributed by atoms with Crippen LogP contribution in [0.15, 0.2) is 78.9 Å². The van der Waals surface area contributed by atoms with Gasteiger partial charge >= 0.3 is 0 Å². The molecular formula is C33H37N3O6. The van der Waals surface area contributed by atoms with Crippen molar-refractivity contribution in [3.63, 3.8) is 0 Å². The average Bonchev–Trinajstić information content (AvgIpc) is 3.25. The number of aliphatic hydroxyl groups excluding tert-OH is 1. The van der Waals surface area contributed by atoms with Crippen LogP contribution in [0.3, 0.4) is 0 Å². The SMILES string of the molecule is COc1ccc(N2CC=C[C@]34O[C@@]5(C)C=CCN(c6ccccc6)C(=O)[C@H]5[C@H]3C(=O)N([C@@H](CO)C(C)C)C4C2=O)cc1. The highest BCUT2D eigenvalue weighted by molar-refractivity contribution is 6.07. The van der Waals surface area contributed by atoms with Crippen LogP contribution in [0.2, 0.25) is 0 Å². The van der Waals surface area contributed by atoms with E-state index in [1.165, 1.54) is 4.90 Å². The third-order valence-corrected chi connectivity index (χ3v) is 9.26. The van der Waals surface area contributed by atoms with E-state index in [-0.39, 0.29) is 36.8 Å². The van der Waals surface area contributed by atoms with E-state index in [2.05, 4.69) is 0 Å². The Morgan fingerprint density at radius 1 is 0.881 bits per heavy atom. The monoisotopic (exact) mass is 571 g/mol. The van der Waals surface area contributed by atoms with E-state index in [4.69, 9.17) is 9.47 Å². The number of likely N-dealkylation sites (tertiary alicyclic amines) is 1. The van der Waals surface area contributed by atoms with Gasteiger partial charge in [0.2, 0.25) is 11.8 Å². The number of nitrogens with zero attached hydrogens (tertiary/aromatic N) is 3. The Labute approximate surface area is 246 Å². The number of methoxy groups -OCH3 is 1. The summed E-state index contributed by atoms with van der Waals surface area (Å²) in [5, 5.41) is 10.5. The van der Waals surface area contributed by atoms with Crippen molar-refractivity contribution in [2.45, 2.75) is 44.1 Å². The molecule has 6 rings (SSSR count). The first-order valence-corrected chi connectivity index (χ1v) is 14.5. The van der Waals surface area contributed by atoms with Crippen molar-refractivity contribution < 1.29 is 29.0 Å². The van der Waals surface area contributed by atoms with E-state index in [0.29, 0.717) is 18.0 Å². The number of ether oxygens (including phenoxy) is 2. The predicted molar refractivity (Wildman–Crippen MR) is 158 cm³/mol. The number of carbonyl (C=O) groups excluding carboxylic acids is 3. The number of rotatable bonds is 6. The number of hydrogen-bond donors (Lipinski definition) is 1. The van der Waals surface area contributed by atoms with E-state index < -0.39 is 35.1 Å². The summed E-state index contributed by atoms with van der Waals surface area (Å²) in [4.78, 5) is 48.6. The van der Waals surface area contributed by atoms with Crippen molar-refractivity contribution in [3.05, 3.63) is 78.9 Å². The Bertz CT molecular complexity index is 1440. The van der Waals surface area contributed by atoms with E-state index in [9.17, 15) is 19.5 Å². The molecule has 2 saturated heterocycles. The summed E-state index contributed by atoms with van der Waals surface area (Å²) >= 11 is 0. The summed E-state index contributed by atoms with van der Waals surface area (Å²) in [6.07, 6.45) is 7.45. The molecule has 1 spiro atoms. The van der Waals surface area contributed by atoms with E-state index in [1.54, 1.807) is 41.2 Å². The number of anilines is 2. The lowest BCUT2D eigenvalue weighted by atomic mass is 9.74. The molecule has 2 aromatic rings. The quantitative estimate of drug-likeness (QED) is 0.535. The summed E-state index contributed by atoms with van der Waals surface area (Å²) in [6, 6.07) is 14.8. The Balaban J connectivity index is 1.49. The van der Waals surface area contributed by atoms with Gasteiger partial charge in [0.1, 0.15) is 17.4 Å². The van der Waals surface area contributed by atoms with Crippen LogP contribution in [0.4, 0.5) is 11.4 Å². The molecule has 0 bridgehead atoms. The summed E-state index contributed by atoms with van der Waals surface area (Å²) in [7, 11) is 1.58. The van der Waals surface area contributed by atoms with Crippen LogP contribution < -0.4 is 14.5 Å². The number of aliphatic hydroxyl groups is 1. The van der Waals surface area contributed by atoms with Gasteiger partial charge in [0.05, 0.1) is 37.2 Å².